The monoisotopic (exact) mass is 395 g/mol. The highest BCUT2D eigenvalue weighted by atomic mass is 16.6. The third-order valence-corrected chi connectivity index (χ3v) is 6.71. The zero-order chi connectivity index (χ0) is 20.6. The fourth-order valence-electron chi connectivity index (χ4n) is 5.09. The van der Waals surface area contributed by atoms with E-state index in [9.17, 15) is 9.59 Å². The standard InChI is InChI=1S/C22H41N3O3/c1-16(24)21(27)28-22(18-11-6-3-7-12-18,15-17-9-4-2-5-10-17)20(26)19(25)13-8-14-23/h16-19H,2-15,23-25H2,1H3/t16-,19+,22?/m0/s1. The van der Waals surface area contributed by atoms with Gasteiger partial charge in [-0.1, -0.05) is 51.4 Å². The molecule has 28 heavy (non-hydrogen) atoms. The average molecular weight is 396 g/mol. The Labute approximate surface area is 170 Å². The van der Waals surface area contributed by atoms with Crippen LogP contribution in [0.4, 0.5) is 0 Å². The molecule has 6 N–H and O–H groups in total. The summed E-state index contributed by atoms with van der Waals surface area (Å²) in [5.74, 6) is -0.141. The number of ketones is 1. The van der Waals surface area contributed by atoms with Gasteiger partial charge in [-0.15, -0.1) is 0 Å². The summed E-state index contributed by atoms with van der Waals surface area (Å²) in [5, 5.41) is 0. The highest BCUT2D eigenvalue weighted by Crippen LogP contribution is 2.43. The van der Waals surface area contributed by atoms with Gasteiger partial charge in [-0.25, -0.2) is 0 Å². The van der Waals surface area contributed by atoms with Crippen LogP contribution in [-0.4, -0.2) is 36.0 Å². The Hall–Kier alpha value is -0.980. The summed E-state index contributed by atoms with van der Waals surface area (Å²) in [6, 6.07) is -1.39. The molecular weight excluding hydrogens is 354 g/mol. The van der Waals surface area contributed by atoms with E-state index in [0.717, 1.165) is 38.5 Å². The molecule has 0 aliphatic heterocycles. The first kappa shape index (κ1) is 23.3. The van der Waals surface area contributed by atoms with Gasteiger partial charge in [0.15, 0.2) is 11.4 Å². The Bertz CT molecular complexity index is 499. The number of carbonyl (C=O) groups is 2. The van der Waals surface area contributed by atoms with Crippen molar-refractivity contribution in [1.82, 2.24) is 0 Å². The molecule has 0 amide bonds. The van der Waals surface area contributed by atoms with Crippen LogP contribution in [0.25, 0.3) is 0 Å². The van der Waals surface area contributed by atoms with Gasteiger partial charge in [0, 0.05) is 5.92 Å². The van der Waals surface area contributed by atoms with E-state index in [1.165, 1.54) is 25.7 Å². The Morgan fingerprint density at radius 3 is 2.11 bits per heavy atom. The van der Waals surface area contributed by atoms with E-state index < -0.39 is 23.7 Å². The molecule has 0 radical (unpaired) electrons. The highest BCUT2D eigenvalue weighted by Gasteiger charge is 2.51. The molecule has 0 aromatic heterocycles. The van der Waals surface area contributed by atoms with Gasteiger partial charge in [0.1, 0.15) is 6.04 Å². The first-order chi connectivity index (χ1) is 13.4. The molecule has 2 aliphatic rings. The lowest BCUT2D eigenvalue weighted by molar-refractivity contribution is -0.181. The normalized spacial score (nSPS) is 23.6. The smallest absolute Gasteiger partial charge is 0.323 e. The summed E-state index contributed by atoms with van der Waals surface area (Å²) in [6.07, 6.45) is 12.7. The van der Waals surface area contributed by atoms with Crippen molar-refractivity contribution in [3.05, 3.63) is 0 Å². The fraction of sp³-hybridized carbons (Fsp3) is 0.909. The Balaban J connectivity index is 2.35. The van der Waals surface area contributed by atoms with Crippen molar-refractivity contribution >= 4 is 11.8 Å². The van der Waals surface area contributed by atoms with Crippen molar-refractivity contribution in [2.75, 3.05) is 6.54 Å². The van der Waals surface area contributed by atoms with Crippen molar-refractivity contribution in [2.24, 2.45) is 29.0 Å². The molecule has 3 atom stereocenters. The van der Waals surface area contributed by atoms with Crippen LogP contribution < -0.4 is 17.2 Å². The number of rotatable bonds is 10. The van der Waals surface area contributed by atoms with E-state index in [-0.39, 0.29) is 11.7 Å². The van der Waals surface area contributed by atoms with Gasteiger partial charge < -0.3 is 21.9 Å². The Kier molecular flexibility index (Phi) is 9.38. The summed E-state index contributed by atoms with van der Waals surface area (Å²) in [5.41, 5.74) is 16.7. The topological polar surface area (TPSA) is 121 Å². The minimum atomic E-state index is -1.12. The van der Waals surface area contributed by atoms with Gasteiger partial charge in [0.05, 0.1) is 6.04 Å². The molecule has 2 fully saturated rings. The molecule has 2 aliphatic carbocycles. The van der Waals surface area contributed by atoms with Crippen LogP contribution in [0.2, 0.25) is 0 Å². The SMILES string of the molecule is C[C@H](N)C(=O)OC(CC1CCCCC1)(C(=O)[C@H](N)CCCN)C1CCCCC1. The summed E-state index contributed by atoms with van der Waals surface area (Å²) in [7, 11) is 0. The lowest BCUT2D eigenvalue weighted by Gasteiger charge is -2.44. The maximum absolute atomic E-state index is 13.7. The van der Waals surface area contributed by atoms with Crippen LogP contribution >= 0.6 is 0 Å². The molecule has 6 heteroatoms. The molecule has 2 rings (SSSR count). The zero-order valence-electron chi connectivity index (χ0n) is 17.7. The summed E-state index contributed by atoms with van der Waals surface area (Å²) >= 11 is 0. The number of hydrogen-bond acceptors (Lipinski definition) is 6. The third-order valence-electron chi connectivity index (χ3n) is 6.71. The van der Waals surface area contributed by atoms with Crippen LogP contribution in [0, 0.1) is 11.8 Å². The van der Waals surface area contributed by atoms with Crippen LogP contribution in [0.3, 0.4) is 0 Å². The van der Waals surface area contributed by atoms with Gasteiger partial charge in [0.2, 0.25) is 0 Å². The minimum absolute atomic E-state index is 0.0438. The van der Waals surface area contributed by atoms with Crippen LogP contribution in [-0.2, 0) is 14.3 Å². The van der Waals surface area contributed by atoms with Crippen molar-refractivity contribution in [3.8, 4) is 0 Å². The molecule has 6 nitrogen and oxygen atoms in total. The number of esters is 1. The van der Waals surface area contributed by atoms with Gasteiger partial charge in [0.25, 0.3) is 0 Å². The Morgan fingerprint density at radius 1 is 1.00 bits per heavy atom. The predicted octanol–water partition coefficient (Wildman–Crippen LogP) is 2.80. The molecule has 0 aromatic carbocycles. The summed E-state index contributed by atoms with van der Waals surface area (Å²) in [6.45, 7) is 2.12. The second kappa shape index (κ2) is 11.3. The van der Waals surface area contributed by atoms with E-state index in [2.05, 4.69) is 0 Å². The molecule has 0 saturated heterocycles. The van der Waals surface area contributed by atoms with Crippen molar-refractivity contribution in [2.45, 2.75) is 108 Å². The number of carbonyl (C=O) groups excluding carboxylic acids is 2. The predicted molar refractivity (Wildman–Crippen MR) is 112 cm³/mol. The maximum atomic E-state index is 13.7. The van der Waals surface area contributed by atoms with Crippen LogP contribution in [0.1, 0.15) is 90.4 Å². The molecule has 0 spiro atoms. The maximum Gasteiger partial charge on any atom is 0.323 e. The van der Waals surface area contributed by atoms with E-state index in [1.54, 1.807) is 6.92 Å². The average Bonchev–Trinajstić information content (AvgIpc) is 2.72. The summed E-state index contributed by atoms with van der Waals surface area (Å²) < 4.78 is 6.08. The second-order valence-electron chi connectivity index (χ2n) is 9.04. The number of hydrogen-bond donors (Lipinski definition) is 3. The number of ether oxygens (including phenoxy) is 1. The van der Waals surface area contributed by atoms with E-state index >= 15 is 0 Å². The molecule has 162 valence electrons. The minimum Gasteiger partial charge on any atom is -0.450 e. The number of nitrogens with two attached hydrogens (primary N) is 3. The quantitative estimate of drug-likeness (QED) is 0.489. The molecule has 2 saturated carbocycles. The molecule has 0 bridgehead atoms. The zero-order valence-corrected chi connectivity index (χ0v) is 17.7. The van der Waals surface area contributed by atoms with Crippen LogP contribution in [0.15, 0.2) is 0 Å². The van der Waals surface area contributed by atoms with Gasteiger partial charge in [-0.2, -0.15) is 0 Å². The van der Waals surface area contributed by atoms with Crippen LogP contribution in [0.5, 0.6) is 0 Å². The van der Waals surface area contributed by atoms with Crippen molar-refractivity contribution in [1.29, 1.82) is 0 Å². The molecular formula is C22H41N3O3. The van der Waals surface area contributed by atoms with E-state index in [4.69, 9.17) is 21.9 Å². The van der Waals surface area contributed by atoms with Gasteiger partial charge in [-0.05, 0) is 51.5 Å². The highest BCUT2D eigenvalue weighted by molar-refractivity contribution is 5.94. The van der Waals surface area contributed by atoms with E-state index in [1.807, 2.05) is 0 Å². The summed E-state index contributed by atoms with van der Waals surface area (Å²) in [4.78, 5) is 26.3. The molecule has 1 unspecified atom stereocenters. The third kappa shape index (κ3) is 6.01. The lowest BCUT2D eigenvalue weighted by Crippen LogP contribution is -2.58. The number of Topliss-reactive ketones (excluding diaryl/α,β-unsaturated/α-hetero) is 1. The molecule has 0 heterocycles. The Morgan fingerprint density at radius 2 is 1.57 bits per heavy atom. The second-order valence-corrected chi connectivity index (χ2v) is 9.04. The first-order valence-corrected chi connectivity index (χ1v) is 11.4. The van der Waals surface area contributed by atoms with Gasteiger partial charge >= 0.3 is 5.97 Å². The first-order valence-electron chi connectivity index (χ1n) is 11.4. The van der Waals surface area contributed by atoms with E-state index in [0.29, 0.717) is 31.7 Å². The largest absolute Gasteiger partial charge is 0.450 e. The molecule has 0 aromatic rings. The van der Waals surface area contributed by atoms with Crippen molar-refractivity contribution in [3.63, 3.8) is 0 Å². The fourth-order valence-corrected chi connectivity index (χ4v) is 5.09. The lowest BCUT2D eigenvalue weighted by atomic mass is 9.67. The van der Waals surface area contributed by atoms with Gasteiger partial charge in [-0.3, -0.25) is 9.59 Å². The van der Waals surface area contributed by atoms with Crippen molar-refractivity contribution < 1.29 is 14.3 Å².